The van der Waals surface area contributed by atoms with Gasteiger partial charge in [0.05, 0.1) is 5.69 Å². The fourth-order valence-electron chi connectivity index (χ4n) is 2.32. The molecule has 106 valence electrons. The maximum absolute atomic E-state index is 4.59. The summed E-state index contributed by atoms with van der Waals surface area (Å²) in [4.78, 5) is 7.13. The highest BCUT2D eigenvalue weighted by Gasteiger charge is 2.18. The van der Waals surface area contributed by atoms with Crippen LogP contribution in [0.4, 0.5) is 0 Å². The van der Waals surface area contributed by atoms with Crippen molar-refractivity contribution in [2.24, 2.45) is 0 Å². The van der Waals surface area contributed by atoms with Gasteiger partial charge in [-0.25, -0.2) is 0 Å². The van der Waals surface area contributed by atoms with Gasteiger partial charge in [0, 0.05) is 43.4 Å². The van der Waals surface area contributed by atoms with Gasteiger partial charge in [0.25, 0.3) is 0 Å². The summed E-state index contributed by atoms with van der Waals surface area (Å²) in [6, 6.07) is 4.37. The zero-order chi connectivity index (χ0) is 13.5. The molecule has 4 heteroatoms. The standard InChI is InChI=1S/C15H25N3S/c1-3-15-12-18(7-8-19-15)11-14-6-5-13(10-17-14)9-16-4-2/h5-6,10,15-16H,3-4,7-9,11-12H2,1-2H3. The van der Waals surface area contributed by atoms with Gasteiger partial charge in [0.15, 0.2) is 0 Å². The average molecular weight is 279 g/mol. The Morgan fingerprint density at radius 3 is 3.00 bits per heavy atom. The zero-order valence-corrected chi connectivity index (χ0v) is 12.9. The fourth-order valence-corrected chi connectivity index (χ4v) is 3.57. The van der Waals surface area contributed by atoms with Gasteiger partial charge in [-0.2, -0.15) is 11.8 Å². The third kappa shape index (κ3) is 4.79. The van der Waals surface area contributed by atoms with E-state index in [-0.39, 0.29) is 0 Å². The van der Waals surface area contributed by atoms with Gasteiger partial charge < -0.3 is 5.32 Å². The second-order valence-corrected chi connectivity index (χ2v) is 6.48. The molecule has 1 unspecified atom stereocenters. The maximum Gasteiger partial charge on any atom is 0.0544 e. The number of hydrogen-bond acceptors (Lipinski definition) is 4. The molecule has 1 atom stereocenters. The Morgan fingerprint density at radius 2 is 2.32 bits per heavy atom. The molecule has 1 fully saturated rings. The predicted molar refractivity (Wildman–Crippen MR) is 83.4 cm³/mol. The molecule has 0 bridgehead atoms. The Bertz CT molecular complexity index is 366. The molecule has 3 nitrogen and oxygen atoms in total. The molecule has 1 saturated heterocycles. The lowest BCUT2D eigenvalue weighted by Crippen LogP contribution is -2.37. The second kappa shape index (κ2) is 7.88. The normalized spacial score (nSPS) is 20.6. The summed E-state index contributed by atoms with van der Waals surface area (Å²) in [7, 11) is 0. The van der Waals surface area contributed by atoms with Crippen molar-refractivity contribution < 1.29 is 0 Å². The number of nitrogens with one attached hydrogen (secondary N) is 1. The first-order valence-corrected chi connectivity index (χ1v) is 8.35. The van der Waals surface area contributed by atoms with E-state index in [4.69, 9.17) is 0 Å². The Hall–Kier alpha value is -0.580. The SMILES string of the molecule is CCNCc1ccc(CN2CCSC(CC)C2)nc1. The van der Waals surface area contributed by atoms with E-state index in [1.807, 2.05) is 6.20 Å². The third-order valence-corrected chi connectivity index (χ3v) is 4.90. The highest BCUT2D eigenvalue weighted by molar-refractivity contribution is 8.00. The monoisotopic (exact) mass is 279 g/mol. The first-order valence-electron chi connectivity index (χ1n) is 7.30. The Morgan fingerprint density at radius 1 is 1.42 bits per heavy atom. The van der Waals surface area contributed by atoms with Crippen LogP contribution in [0, 0.1) is 0 Å². The summed E-state index contributed by atoms with van der Waals surface area (Å²) in [6.45, 7) is 9.74. The smallest absolute Gasteiger partial charge is 0.0544 e. The first kappa shape index (κ1) is 14.8. The lowest BCUT2D eigenvalue weighted by molar-refractivity contribution is 0.270. The van der Waals surface area contributed by atoms with Crippen LogP contribution in [0.5, 0.6) is 0 Å². The Labute approximate surface area is 121 Å². The molecule has 0 aromatic carbocycles. The van der Waals surface area contributed by atoms with Crippen molar-refractivity contribution in [3.05, 3.63) is 29.6 Å². The molecule has 1 aromatic rings. The molecule has 1 N–H and O–H groups in total. The molecule has 1 aliphatic rings. The minimum atomic E-state index is 0.807. The summed E-state index contributed by atoms with van der Waals surface area (Å²) in [6.07, 6.45) is 3.28. The Balaban J connectivity index is 1.85. The zero-order valence-electron chi connectivity index (χ0n) is 12.1. The van der Waals surface area contributed by atoms with Crippen LogP contribution in [-0.2, 0) is 13.1 Å². The second-order valence-electron chi connectivity index (χ2n) is 5.07. The topological polar surface area (TPSA) is 28.2 Å². The van der Waals surface area contributed by atoms with Crippen LogP contribution in [0.2, 0.25) is 0 Å². The molecule has 0 saturated carbocycles. The number of pyridine rings is 1. The number of rotatable bonds is 6. The molecule has 0 aliphatic carbocycles. The van der Waals surface area contributed by atoms with Crippen molar-refractivity contribution in [3.63, 3.8) is 0 Å². The van der Waals surface area contributed by atoms with Gasteiger partial charge in [-0.15, -0.1) is 0 Å². The predicted octanol–water partition coefficient (Wildman–Crippen LogP) is 2.52. The van der Waals surface area contributed by atoms with Crippen LogP contribution < -0.4 is 5.32 Å². The summed E-state index contributed by atoms with van der Waals surface area (Å²) in [5.74, 6) is 1.26. The lowest BCUT2D eigenvalue weighted by atomic mass is 10.2. The van der Waals surface area contributed by atoms with E-state index < -0.39 is 0 Å². The number of aromatic nitrogens is 1. The maximum atomic E-state index is 4.59. The number of thioether (sulfide) groups is 1. The van der Waals surface area contributed by atoms with Crippen molar-refractivity contribution in [1.29, 1.82) is 0 Å². The quantitative estimate of drug-likeness (QED) is 0.866. The van der Waals surface area contributed by atoms with Gasteiger partial charge in [-0.3, -0.25) is 9.88 Å². The largest absolute Gasteiger partial charge is 0.313 e. The van der Waals surface area contributed by atoms with Crippen molar-refractivity contribution in [2.45, 2.75) is 38.6 Å². The number of nitrogens with zero attached hydrogens (tertiary/aromatic N) is 2. The molecule has 0 radical (unpaired) electrons. The molecule has 1 aromatic heterocycles. The van der Waals surface area contributed by atoms with Crippen molar-refractivity contribution in [1.82, 2.24) is 15.2 Å². The third-order valence-electron chi connectivity index (χ3n) is 3.53. The van der Waals surface area contributed by atoms with E-state index in [1.165, 1.54) is 36.5 Å². The minimum absolute atomic E-state index is 0.807. The Kier molecular flexibility index (Phi) is 6.14. The summed E-state index contributed by atoms with van der Waals surface area (Å²) < 4.78 is 0. The average Bonchev–Trinajstić information content (AvgIpc) is 2.47. The van der Waals surface area contributed by atoms with E-state index in [0.717, 1.165) is 24.9 Å². The van der Waals surface area contributed by atoms with Crippen LogP contribution in [0.1, 0.15) is 31.5 Å². The van der Waals surface area contributed by atoms with Crippen molar-refractivity contribution in [2.75, 3.05) is 25.4 Å². The fraction of sp³-hybridized carbons (Fsp3) is 0.667. The minimum Gasteiger partial charge on any atom is -0.313 e. The molecule has 2 heterocycles. The van der Waals surface area contributed by atoms with Gasteiger partial charge in [-0.1, -0.05) is 19.9 Å². The van der Waals surface area contributed by atoms with Gasteiger partial charge in [0.2, 0.25) is 0 Å². The molecule has 2 rings (SSSR count). The van der Waals surface area contributed by atoms with Gasteiger partial charge in [-0.05, 0) is 24.6 Å². The molecular weight excluding hydrogens is 254 g/mol. The first-order chi connectivity index (χ1) is 9.31. The van der Waals surface area contributed by atoms with E-state index in [2.05, 4.69) is 52.9 Å². The van der Waals surface area contributed by atoms with Gasteiger partial charge >= 0.3 is 0 Å². The highest BCUT2D eigenvalue weighted by Crippen LogP contribution is 2.22. The van der Waals surface area contributed by atoms with Crippen LogP contribution in [0.3, 0.4) is 0 Å². The van der Waals surface area contributed by atoms with E-state index >= 15 is 0 Å². The number of hydrogen-bond donors (Lipinski definition) is 1. The lowest BCUT2D eigenvalue weighted by Gasteiger charge is -2.31. The van der Waals surface area contributed by atoms with Crippen LogP contribution >= 0.6 is 11.8 Å². The summed E-state index contributed by atoms with van der Waals surface area (Å²) in [5.41, 5.74) is 2.47. The molecule has 0 spiro atoms. The molecule has 19 heavy (non-hydrogen) atoms. The van der Waals surface area contributed by atoms with E-state index in [0.29, 0.717) is 0 Å². The van der Waals surface area contributed by atoms with Crippen LogP contribution in [0.25, 0.3) is 0 Å². The van der Waals surface area contributed by atoms with Gasteiger partial charge in [0.1, 0.15) is 0 Å². The molecular formula is C15H25N3S. The van der Waals surface area contributed by atoms with Crippen molar-refractivity contribution in [3.8, 4) is 0 Å². The molecule has 1 aliphatic heterocycles. The highest BCUT2D eigenvalue weighted by atomic mass is 32.2. The van der Waals surface area contributed by atoms with Crippen LogP contribution in [0.15, 0.2) is 18.3 Å². The van der Waals surface area contributed by atoms with Crippen molar-refractivity contribution >= 4 is 11.8 Å². The van der Waals surface area contributed by atoms with Crippen LogP contribution in [-0.4, -0.2) is 40.5 Å². The molecule has 0 amide bonds. The summed E-state index contributed by atoms with van der Waals surface area (Å²) >= 11 is 2.12. The van der Waals surface area contributed by atoms with E-state index in [9.17, 15) is 0 Å². The summed E-state index contributed by atoms with van der Waals surface area (Å²) in [5, 5.41) is 4.13. The van der Waals surface area contributed by atoms with E-state index in [1.54, 1.807) is 0 Å².